The molecule has 0 unspecified atom stereocenters. The first-order valence-electron chi connectivity index (χ1n) is 10.5. The lowest BCUT2D eigenvalue weighted by atomic mass is 10.1. The van der Waals surface area contributed by atoms with E-state index >= 15 is 0 Å². The molecule has 2 aromatic carbocycles. The zero-order valence-electron chi connectivity index (χ0n) is 17.8. The van der Waals surface area contributed by atoms with Crippen molar-refractivity contribution in [3.63, 3.8) is 0 Å². The van der Waals surface area contributed by atoms with Gasteiger partial charge in [0.2, 0.25) is 11.7 Å². The first kappa shape index (κ1) is 22.5. The number of carbonyl (C=O) groups is 1. The third kappa shape index (κ3) is 4.56. The number of rotatable bonds is 5. The van der Waals surface area contributed by atoms with E-state index in [4.69, 9.17) is 4.52 Å². The molecule has 1 aliphatic heterocycles. The van der Waals surface area contributed by atoms with Gasteiger partial charge >= 0.3 is 6.36 Å². The van der Waals surface area contributed by atoms with Crippen molar-refractivity contribution < 1.29 is 31.6 Å². The van der Waals surface area contributed by atoms with Gasteiger partial charge in [-0.25, -0.2) is 4.39 Å². The summed E-state index contributed by atoms with van der Waals surface area (Å²) >= 11 is 0. The van der Waals surface area contributed by atoms with Gasteiger partial charge in [0.15, 0.2) is 0 Å². The Balaban J connectivity index is 1.45. The second-order valence-electron chi connectivity index (χ2n) is 7.64. The lowest BCUT2D eigenvalue weighted by Crippen LogP contribution is -2.31. The first-order valence-corrected chi connectivity index (χ1v) is 10.5. The van der Waals surface area contributed by atoms with Gasteiger partial charge in [0.25, 0.3) is 5.91 Å². The molecule has 0 saturated carbocycles. The summed E-state index contributed by atoms with van der Waals surface area (Å²) in [5.74, 6) is -1.67. The van der Waals surface area contributed by atoms with Crippen LogP contribution in [0.2, 0.25) is 0 Å². The molecule has 0 radical (unpaired) electrons. The van der Waals surface area contributed by atoms with Crippen molar-refractivity contribution in [3.05, 3.63) is 72.1 Å². The minimum atomic E-state index is -4.90. The van der Waals surface area contributed by atoms with Crippen molar-refractivity contribution in [2.24, 2.45) is 0 Å². The van der Waals surface area contributed by atoms with Crippen LogP contribution in [0.25, 0.3) is 17.1 Å². The van der Waals surface area contributed by atoms with Crippen LogP contribution in [-0.2, 0) is 0 Å². The van der Waals surface area contributed by atoms with Crippen molar-refractivity contribution in [2.75, 3.05) is 6.54 Å². The van der Waals surface area contributed by atoms with E-state index in [9.17, 15) is 22.4 Å². The zero-order valence-corrected chi connectivity index (χ0v) is 17.8. The molecule has 1 aliphatic rings. The van der Waals surface area contributed by atoms with E-state index in [1.165, 1.54) is 52.4 Å². The number of carbonyl (C=O) groups excluding carboxylic acids is 1. The van der Waals surface area contributed by atoms with Gasteiger partial charge in [-0.15, -0.1) is 13.2 Å². The van der Waals surface area contributed by atoms with Gasteiger partial charge < -0.3 is 14.2 Å². The van der Waals surface area contributed by atoms with Crippen molar-refractivity contribution >= 4 is 5.91 Å². The van der Waals surface area contributed by atoms with Crippen LogP contribution in [0.15, 0.2) is 59.4 Å². The Morgan fingerprint density at radius 1 is 1.11 bits per heavy atom. The van der Waals surface area contributed by atoms with Crippen LogP contribution in [0.4, 0.5) is 17.6 Å². The summed E-state index contributed by atoms with van der Waals surface area (Å²) in [6.45, 7) is 0.331. The molecule has 1 atom stereocenters. The third-order valence-electron chi connectivity index (χ3n) is 5.42. The predicted molar refractivity (Wildman–Crippen MR) is 111 cm³/mol. The number of alkyl halides is 3. The average molecular weight is 488 g/mol. The highest BCUT2D eigenvalue weighted by atomic mass is 19.4. The summed E-state index contributed by atoms with van der Waals surface area (Å²) in [7, 11) is 0. The minimum Gasteiger partial charge on any atom is -0.405 e. The van der Waals surface area contributed by atoms with Crippen LogP contribution in [0.1, 0.15) is 35.1 Å². The maximum atomic E-state index is 14.0. The number of para-hydroxylation sites is 1. The second kappa shape index (κ2) is 8.81. The lowest BCUT2D eigenvalue weighted by molar-refractivity contribution is -0.274. The fraction of sp³-hybridized carbons (Fsp3) is 0.227. The van der Waals surface area contributed by atoms with E-state index in [1.54, 1.807) is 0 Å². The number of amides is 1. The number of ether oxygens (including phenoxy) is 1. The van der Waals surface area contributed by atoms with Crippen LogP contribution < -0.4 is 4.74 Å². The number of hydrogen-bond acceptors (Lipinski definition) is 7. The van der Waals surface area contributed by atoms with Crippen LogP contribution in [0, 0.1) is 5.82 Å². The van der Waals surface area contributed by atoms with Crippen molar-refractivity contribution in [2.45, 2.75) is 25.2 Å². The van der Waals surface area contributed by atoms with Gasteiger partial charge in [-0.2, -0.15) is 20.0 Å². The van der Waals surface area contributed by atoms with Gasteiger partial charge in [0.1, 0.15) is 17.6 Å². The topological polar surface area (TPSA) is 99.2 Å². The lowest BCUT2D eigenvalue weighted by Gasteiger charge is -2.23. The number of likely N-dealkylation sites (tertiary alicyclic amines) is 1. The molecule has 3 heterocycles. The summed E-state index contributed by atoms with van der Waals surface area (Å²) in [6.07, 6.45) is -0.970. The fourth-order valence-corrected chi connectivity index (χ4v) is 3.96. The molecule has 5 rings (SSSR count). The van der Waals surface area contributed by atoms with Gasteiger partial charge in [-0.3, -0.25) is 4.79 Å². The Morgan fingerprint density at radius 3 is 2.66 bits per heavy atom. The highest BCUT2D eigenvalue weighted by Crippen LogP contribution is 2.36. The molecule has 9 nitrogen and oxygen atoms in total. The first-order chi connectivity index (χ1) is 16.8. The van der Waals surface area contributed by atoms with Gasteiger partial charge in [-0.05, 0) is 43.2 Å². The largest absolute Gasteiger partial charge is 0.573 e. The SMILES string of the molecule is O=C(c1cc(F)ccc1-n1nccn1)N1CCC[C@H]1c1nc(-c2ccccc2OC(F)(F)F)no1. The van der Waals surface area contributed by atoms with Crippen LogP contribution in [0.5, 0.6) is 5.75 Å². The maximum Gasteiger partial charge on any atom is 0.573 e. The van der Waals surface area contributed by atoms with E-state index < -0.39 is 29.9 Å². The van der Waals surface area contributed by atoms with Crippen molar-refractivity contribution in [1.29, 1.82) is 0 Å². The molecule has 1 amide bonds. The molecule has 1 saturated heterocycles. The summed E-state index contributed by atoms with van der Waals surface area (Å²) in [4.78, 5) is 20.4. The quantitative estimate of drug-likeness (QED) is 0.386. The van der Waals surface area contributed by atoms with Crippen molar-refractivity contribution in [3.8, 4) is 22.8 Å². The molecular weight excluding hydrogens is 472 g/mol. The number of halogens is 4. The normalized spacial score (nSPS) is 16.0. The molecule has 0 N–H and O–H groups in total. The summed E-state index contributed by atoms with van der Waals surface area (Å²) in [5.41, 5.74) is 0.307. The molecule has 180 valence electrons. The Kier molecular flexibility index (Phi) is 5.67. The van der Waals surface area contributed by atoms with Gasteiger partial charge in [-0.1, -0.05) is 17.3 Å². The average Bonchev–Trinajstić information content (AvgIpc) is 3.59. The Morgan fingerprint density at radius 2 is 1.89 bits per heavy atom. The molecule has 0 aliphatic carbocycles. The highest BCUT2D eigenvalue weighted by Gasteiger charge is 2.37. The Labute approximate surface area is 194 Å². The molecular formula is C22H16F4N6O3. The monoisotopic (exact) mass is 488 g/mol. The summed E-state index contributed by atoms with van der Waals surface area (Å²) in [6, 6.07) is 8.43. The number of aromatic nitrogens is 5. The maximum absolute atomic E-state index is 14.0. The summed E-state index contributed by atoms with van der Waals surface area (Å²) in [5, 5.41) is 11.8. The molecule has 0 bridgehead atoms. The fourth-order valence-electron chi connectivity index (χ4n) is 3.96. The van der Waals surface area contributed by atoms with Crippen LogP contribution >= 0.6 is 0 Å². The van der Waals surface area contributed by atoms with Gasteiger partial charge in [0, 0.05) is 6.54 Å². The molecule has 0 spiro atoms. The molecule has 13 heteroatoms. The standard InChI is InChI=1S/C22H16F4N6O3/c23-13-7-8-16(32-27-9-10-28-32)15(12-13)21(33)31-11-3-5-17(31)20-29-19(30-35-20)14-4-1-2-6-18(14)34-22(24,25)26/h1-2,4,6-10,12,17H,3,5,11H2/t17-/m0/s1. The smallest absolute Gasteiger partial charge is 0.405 e. The van der Waals surface area contributed by atoms with E-state index in [-0.39, 0.29) is 28.5 Å². The molecule has 1 fully saturated rings. The Bertz CT molecular complexity index is 1360. The number of hydrogen-bond donors (Lipinski definition) is 0. The molecule has 2 aromatic heterocycles. The van der Waals surface area contributed by atoms with E-state index in [1.807, 2.05) is 0 Å². The van der Waals surface area contributed by atoms with Gasteiger partial charge in [0.05, 0.1) is 29.2 Å². The summed E-state index contributed by atoms with van der Waals surface area (Å²) < 4.78 is 61.8. The van der Waals surface area contributed by atoms with E-state index in [0.29, 0.717) is 19.4 Å². The third-order valence-corrected chi connectivity index (χ3v) is 5.42. The predicted octanol–water partition coefficient (Wildman–Crippen LogP) is 4.33. The van der Waals surface area contributed by atoms with E-state index in [2.05, 4.69) is 25.1 Å². The second-order valence-corrected chi connectivity index (χ2v) is 7.64. The number of nitrogens with zero attached hydrogens (tertiary/aromatic N) is 6. The highest BCUT2D eigenvalue weighted by molar-refractivity contribution is 5.98. The van der Waals surface area contributed by atoms with Crippen LogP contribution in [-0.4, -0.2) is 48.8 Å². The minimum absolute atomic E-state index is 0.0205. The molecule has 4 aromatic rings. The van der Waals surface area contributed by atoms with E-state index in [0.717, 1.165) is 12.1 Å². The number of benzene rings is 2. The zero-order chi connectivity index (χ0) is 24.6. The van der Waals surface area contributed by atoms with Crippen LogP contribution in [0.3, 0.4) is 0 Å². The molecule has 35 heavy (non-hydrogen) atoms. The van der Waals surface area contributed by atoms with Crippen molar-refractivity contribution in [1.82, 2.24) is 30.0 Å². The Hall–Kier alpha value is -4.29.